The van der Waals surface area contributed by atoms with Crippen molar-refractivity contribution in [3.63, 3.8) is 0 Å². The van der Waals surface area contributed by atoms with Crippen molar-refractivity contribution in [3.05, 3.63) is 76.7 Å². The van der Waals surface area contributed by atoms with Gasteiger partial charge in [-0.25, -0.2) is 14.5 Å². The minimum atomic E-state index is -0.186. The van der Waals surface area contributed by atoms with Crippen LogP contribution in [0, 0.1) is 20.8 Å². The van der Waals surface area contributed by atoms with Crippen molar-refractivity contribution >= 4 is 29.3 Å². The van der Waals surface area contributed by atoms with Gasteiger partial charge >= 0.3 is 0 Å². The second-order valence-electron chi connectivity index (χ2n) is 6.77. The van der Waals surface area contributed by atoms with Gasteiger partial charge in [-0.05, 0) is 50.1 Å². The Bertz CT molecular complexity index is 1190. The fourth-order valence-electron chi connectivity index (χ4n) is 2.94. The molecule has 0 radical (unpaired) electrons. The standard InChI is InChI=1S/C21H20N6OS/c1-13-8-9-18(22-11-13)24-19(28)17-7-5-4-6-16(17)12-29-21-25-20-23-14(2)10-15(3)27(20)26-21/h4-11H,12H2,1-3H3,(H,22,24,28). The van der Waals surface area contributed by atoms with Crippen molar-refractivity contribution in [2.75, 3.05) is 5.32 Å². The van der Waals surface area contributed by atoms with Crippen molar-refractivity contribution in [3.8, 4) is 0 Å². The van der Waals surface area contributed by atoms with Crippen LogP contribution in [0.4, 0.5) is 5.82 Å². The fraction of sp³-hybridized carbons (Fsp3) is 0.190. The summed E-state index contributed by atoms with van der Waals surface area (Å²) >= 11 is 1.47. The number of nitrogens with one attached hydrogen (secondary N) is 1. The molecule has 0 aliphatic carbocycles. The van der Waals surface area contributed by atoms with Gasteiger partial charge in [-0.3, -0.25) is 4.79 Å². The highest BCUT2D eigenvalue weighted by molar-refractivity contribution is 7.98. The van der Waals surface area contributed by atoms with Gasteiger partial charge in [0.1, 0.15) is 5.82 Å². The Hall–Kier alpha value is -3.26. The first-order valence-electron chi connectivity index (χ1n) is 9.15. The van der Waals surface area contributed by atoms with Crippen LogP contribution in [-0.2, 0) is 5.75 Å². The lowest BCUT2D eigenvalue weighted by Crippen LogP contribution is -2.14. The van der Waals surface area contributed by atoms with Gasteiger partial charge in [0.2, 0.25) is 5.16 Å². The minimum absolute atomic E-state index is 0.186. The zero-order valence-electron chi connectivity index (χ0n) is 16.4. The zero-order chi connectivity index (χ0) is 20.4. The predicted octanol–water partition coefficient (Wildman–Crippen LogP) is 3.99. The molecule has 1 N–H and O–H groups in total. The second kappa shape index (κ2) is 8.00. The number of benzene rings is 1. The molecule has 1 amide bonds. The molecular formula is C21H20N6OS. The number of thioether (sulfide) groups is 1. The third-order valence-corrected chi connectivity index (χ3v) is 5.26. The Morgan fingerprint density at radius 1 is 1.10 bits per heavy atom. The first-order chi connectivity index (χ1) is 14.0. The van der Waals surface area contributed by atoms with Crippen LogP contribution in [0.5, 0.6) is 0 Å². The van der Waals surface area contributed by atoms with E-state index in [0.29, 0.717) is 28.1 Å². The maximum absolute atomic E-state index is 12.7. The number of pyridine rings is 1. The quantitative estimate of drug-likeness (QED) is 0.506. The number of aromatic nitrogens is 5. The molecule has 7 nitrogen and oxygen atoms in total. The normalized spacial score (nSPS) is 11.0. The Balaban J connectivity index is 1.52. The molecule has 0 unspecified atom stereocenters. The summed E-state index contributed by atoms with van der Waals surface area (Å²) in [6.07, 6.45) is 1.73. The highest BCUT2D eigenvalue weighted by Gasteiger charge is 2.14. The average Bonchev–Trinajstić information content (AvgIpc) is 3.11. The summed E-state index contributed by atoms with van der Waals surface area (Å²) < 4.78 is 1.73. The number of amides is 1. The number of fused-ring (bicyclic) bond motifs is 1. The molecule has 0 bridgehead atoms. The Morgan fingerprint density at radius 2 is 1.93 bits per heavy atom. The van der Waals surface area contributed by atoms with E-state index in [4.69, 9.17) is 0 Å². The van der Waals surface area contributed by atoms with Gasteiger partial charge in [0, 0.05) is 28.9 Å². The number of rotatable bonds is 5. The maximum atomic E-state index is 12.7. The molecule has 0 saturated carbocycles. The molecule has 146 valence electrons. The van der Waals surface area contributed by atoms with E-state index < -0.39 is 0 Å². The lowest BCUT2D eigenvalue weighted by Gasteiger charge is -2.09. The maximum Gasteiger partial charge on any atom is 0.257 e. The summed E-state index contributed by atoms with van der Waals surface area (Å²) in [5, 5.41) is 8.00. The summed E-state index contributed by atoms with van der Waals surface area (Å²) in [6, 6.07) is 13.2. The van der Waals surface area contributed by atoms with E-state index in [9.17, 15) is 4.79 Å². The molecule has 3 aromatic heterocycles. The lowest BCUT2D eigenvalue weighted by atomic mass is 10.1. The summed E-state index contributed by atoms with van der Waals surface area (Å²) in [5.74, 6) is 1.50. The molecule has 0 fully saturated rings. The van der Waals surface area contributed by atoms with Gasteiger partial charge in [-0.15, -0.1) is 5.10 Å². The first-order valence-corrected chi connectivity index (χ1v) is 10.1. The molecule has 0 atom stereocenters. The molecule has 0 aliphatic rings. The summed E-state index contributed by atoms with van der Waals surface area (Å²) in [6.45, 7) is 5.87. The minimum Gasteiger partial charge on any atom is -0.307 e. The van der Waals surface area contributed by atoms with E-state index in [-0.39, 0.29) is 5.91 Å². The monoisotopic (exact) mass is 404 g/mol. The third kappa shape index (κ3) is 4.27. The lowest BCUT2D eigenvalue weighted by molar-refractivity contribution is 0.102. The van der Waals surface area contributed by atoms with Gasteiger partial charge < -0.3 is 5.32 Å². The van der Waals surface area contributed by atoms with Crippen molar-refractivity contribution in [1.82, 2.24) is 24.6 Å². The van der Waals surface area contributed by atoms with E-state index in [1.165, 1.54) is 11.8 Å². The average molecular weight is 404 g/mol. The molecule has 8 heteroatoms. The summed E-state index contributed by atoms with van der Waals surface area (Å²) in [5.41, 5.74) is 4.45. The molecular weight excluding hydrogens is 384 g/mol. The number of aryl methyl sites for hydroxylation is 3. The van der Waals surface area contributed by atoms with E-state index >= 15 is 0 Å². The number of carbonyl (C=O) groups excluding carboxylic acids is 1. The van der Waals surface area contributed by atoms with Crippen LogP contribution >= 0.6 is 11.8 Å². The van der Waals surface area contributed by atoms with Crippen molar-refractivity contribution in [2.24, 2.45) is 0 Å². The van der Waals surface area contributed by atoms with Crippen molar-refractivity contribution in [1.29, 1.82) is 0 Å². The van der Waals surface area contributed by atoms with Crippen molar-refractivity contribution in [2.45, 2.75) is 31.7 Å². The van der Waals surface area contributed by atoms with Gasteiger partial charge in [-0.2, -0.15) is 4.98 Å². The van der Waals surface area contributed by atoms with Crippen LogP contribution in [0.25, 0.3) is 5.78 Å². The van der Waals surface area contributed by atoms with Crippen LogP contribution in [-0.4, -0.2) is 30.5 Å². The largest absolute Gasteiger partial charge is 0.307 e. The molecule has 0 aliphatic heterocycles. The van der Waals surface area contributed by atoms with Gasteiger partial charge in [0.25, 0.3) is 11.7 Å². The fourth-order valence-corrected chi connectivity index (χ4v) is 3.77. The number of anilines is 1. The van der Waals surface area contributed by atoms with E-state index in [1.807, 2.05) is 57.2 Å². The van der Waals surface area contributed by atoms with Crippen LogP contribution in [0.15, 0.2) is 53.8 Å². The van der Waals surface area contributed by atoms with E-state index in [0.717, 1.165) is 22.5 Å². The number of carbonyl (C=O) groups is 1. The van der Waals surface area contributed by atoms with Gasteiger partial charge in [0.15, 0.2) is 0 Å². The smallest absolute Gasteiger partial charge is 0.257 e. The Kier molecular flexibility index (Phi) is 5.26. The van der Waals surface area contributed by atoms with E-state index in [2.05, 4.69) is 25.4 Å². The predicted molar refractivity (Wildman–Crippen MR) is 113 cm³/mol. The van der Waals surface area contributed by atoms with Crippen LogP contribution < -0.4 is 5.32 Å². The van der Waals surface area contributed by atoms with Crippen LogP contribution in [0.1, 0.15) is 32.9 Å². The van der Waals surface area contributed by atoms with Gasteiger partial charge in [0.05, 0.1) is 0 Å². The molecule has 3 heterocycles. The number of nitrogens with zero attached hydrogens (tertiary/aromatic N) is 5. The SMILES string of the molecule is Cc1ccc(NC(=O)c2ccccc2CSc2nc3nc(C)cc(C)n3n2)nc1. The molecule has 4 rings (SSSR count). The second-order valence-corrected chi connectivity index (χ2v) is 7.71. The van der Waals surface area contributed by atoms with Crippen LogP contribution in [0.2, 0.25) is 0 Å². The Labute approximate surface area is 172 Å². The molecule has 1 aromatic carbocycles. The van der Waals surface area contributed by atoms with Crippen LogP contribution in [0.3, 0.4) is 0 Å². The van der Waals surface area contributed by atoms with Crippen molar-refractivity contribution < 1.29 is 4.79 Å². The molecule has 0 spiro atoms. The summed E-state index contributed by atoms with van der Waals surface area (Å²) in [7, 11) is 0. The zero-order valence-corrected chi connectivity index (χ0v) is 17.2. The van der Waals surface area contributed by atoms with E-state index in [1.54, 1.807) is 16.8 Å². The summed E-state index contributed by atoms with van der Waals surface area (Å²) in [4.78, 5) is 25.9. The molecule has 0 saturated heterocycles. The third-order valence-electron chi connectivity index (χ3n) is 4.37. The highest BCUT2D eigenvalue weighted by Crippen LogP contribution is 2.23. The number of hydrogen-bond donors (Lipinski definition) is 1. The Morgan fingerprint density at radius 3 is 2.72 bits per heavy atom. The highest BCUT2D eigenvalue weighted by atomic mass is 32.2. The van der Waals surface area contributed by atoms with Gasteiger partial charge in [-0.1, -0.05) is 36.0 Å². The molecule has 29 heavy (non-hydrogen) atoms. The molecule has 4 aromatic rings. The topological polar surface area (TPSA) is 85.1 Å². The number of hydrogen-bond acceptors (Lipinski definition) is 6. The first kappa shape index (κ1) is 19.1.